The van der Waals surface area contributed by atoms with Gasteiger partial charge < -0.3 is 14.6 Å². The Morgan fingerprint density at radius 2 is 1.32 bits per heavy atom. The van der Waals surface area contributed by atoms with Gasteiger partial charge in [0.1, 0.15) is 0 Å². The zero-order valence-corrected chi connectivity index (χ0v) is 23.0. The molecule has 0 unspecified atom stereocenters. The first-order chi connectivity index (χ1) is 19.3. The molecule has 0 amide bonds. The quantitative estimate of drug-likeness (QED) is 0.292. The van der Waals surface area contributed by atoms with Crippen molar-refractivity contribution >= 4 is 23.0 Å². The first-order valence-corrected chi connectivity index (χ1v) is 13.7. The molecule has 1 aromatic heterocycles. The number of hydrogen-bond donors (Lipinski definition) is 1. The van der Waals surface area contributed by atoms with E-state index in [0.29, 0.717) is 22.4 Å². The smallest absolute Gasteiger partial charge is 0.193 e. The number of aliphatic hydroxyl groups excluding tert-OH is 1. The normalized spacial score (nSPS) is 13.8. The monoisotopic (exact) mass is 534 g/mol. The minimum Gasteiger partial charge on any atom is -0.393 e. The van der Waals surface area contributed by atoms with E-state index in [9.17, 15) is 19.5 Å². The summed E-state index contributed by atoms with van der Waals surface area (Å²) in [5.74, 6) is -0.0385. The lowest BCUT2D eigenvalue weighted by molar-refractivity contribution is 0.0980. The highest BCUT2D eigenvalue weighted by atomic mass is 16.3. The number of hydrogen-bond acceptors (Lipinski definition) is 5. The van der Waals surface area contributed by atoms with Crippen molar-refractivity contribution in [3.05, 3.63) is 124 Å². The van der Waals surface area contributed by atoms with E-state index in [1.54, 1.807) is 34.9 Å². The maximum Gasteiger partial charge on any atom is 0.193 e. The Labute approximate surface area is 234 Å². The Morgan fingerprint density at radius 3 is 1.85 bits per heavy atom. The highest BCUT2D eigenvalue weighted by Crippen LogP contribution is 2.25. The van der Waals surface area contributed by atoms with E-state index in [0.717, 1.165) is 48.3 Å². The van der Waals surface area contributed by atoms with Gasteiger partial charge in [0.2, 0.25) is 0 Å². The van der Waals surface area contributed by atoms with Crippen molar-refractivity contribution in [3.63, 3.8) is 0 Å². The summed E-state index contributed by atoms with van der Waals surface area (Å²) < 4.78 is 1.80. The molecule has 1 saturated heterocycles. The van der Waals surface area contributed by atoms with Gasteiger partial charge in [-0.2, -0.15) is 0 Å². The molecule has 0 spiro atoms. The number of aromatic nitrogens is 1. The van der Waals surface area contributed by atoms with E-state index in [4.69, 9.17) is 0 Å². The number of aliphatic hydroxyl groups is 1. The molecule has 0 aliphatic carbocycles. The van der Waals surface area contributed by atoms with E-state index in [-0.39, 0.29) is 36.3 Å². The molecule has 6 heteroatoms. The molecule has 204 valence electrons. The second-order valence-electron chi connectivity index (χ2n) is 10.6. The van der Waals surface area contributed by atoms with E-state index in [1.807, 2.05) is 68.7 Å². The molecule has 6 nitrogen and oxygen atoms in total. The van der Waals surface area contributed by atoms with Gasteiger partial charge in [-0.1, -0.05) is 48.5 Å². The topological polar surface area (TPSA) is 79.6 Å². The van der Waals surface area contributed by atoms with Crippen LogP contribution in [-0.4, -0.2) is 46.2 Å². The van der Waals surface area contributed by atoms with Crippen molar-refractivity contribution in [1.82, 2.24) is 4.57 Å². The maximum atomic E-state index is 13.0. The third kappa shape index (κ3) is 6.13. The standard InChI is InChI=1S/C34H34N2O4/c1-23-20-28(13-14-30(23)36-18-15-29(37)16-19-36)32(38)21-24-5-9-26(10-6-24)34(40)27-11-7-25(8-12-27)22-33(39)31-4-3-17-35(31)2/h3-14,17,20,29,37H,15-16,18-19,21-22H2,1-2H3. The number of carbonyl (C=O) groups excluding carboxylic acids is 3. The van der Waals surface area contributed by atoms with Crippen LogP contribution in [-0.2, 0) is 19.9 Å². The maximum absolute atomic E-state index is 13.0. The van der Waals surface area contributed by atoms with Crippen LogP contribution in [0.15, 0.2) is 85.1 Å². The zero-order chi connectivity index (χ0) is 28.2. The van der Waals surface area contributed by atoms with Crippen molar-refractivity contribution in [2.75, 3.05) is 18.0 Å². The predicted molar refractivity (Wildman–Crippen MR) is 156 cm³/mol. The third-order valence-electron chi connectivity index (χ3n) is 7.71. The van der Waals surface area contributed by atoms with E-state index in [1.165, 1.54) is 0 Å². The number of carbonyl (C=O) groups is 3. The molecule has 1 aliphatic rings. The van der Waals surface area contributed by atoms with Gasteiger partial charge in [-0.15, -0.1) is 0 Å². The number of benzene rings is 3. The van der Waals surface area contributed by atoms with Gasteiger partial charge in [0, 0.05) is 61.6 Å². The van der Waals surface area contributed by atoms with Crippen LogP contribution in [0.2, 0.25) is 0 Å². The first kappa shape index (κ1) is 27.3. The molecule has 3 aromatic carbocycles. The molecular weight excluding hydrogens is 500 g/mol. The lowest BCUT2D eigenvalue weighted by atomic mass is 9.97. The van der Waals surface area contributed by atoms with Crippen LogP contribution in [0.25, 0.3) is 0 Å². The van der Waals surface area contributed by atoms with Gasteiger partial charge >= 0.3 is 0 Å². The fourth-order valence-corrected chi connectivity index (χ4v) is 5.32. The third-order valence-corrected chi connectivity index (χ3v) is 7.71. The molecule has 0 radical (unpaired) electrons. The number of anilines is 1. The van der Waals surface area contributed by atoms with Crippen molar-refractivity contribution < 1.29 is 19.5 Å². The molecule has 1 N–H and O–H groups in total. The lowest BCUT2D eigenvalue weighted by Crippen LogP contribution is -2.36. The summed E-state index contributed by atoms with van der Waals surface area (Å²) in [6.07, 6.45) is 3.69. The SMILES string of the molecule is Cc1cc(C(=O)Cc2ccc(C(=O)c3ccc(CC(=O)c4cccn4C)cc3)cc2)ccc1N1CCC(O)CC1. The zero-order valence-electron chi connectivity index (χ0n) is 23.0. The van der Waals surface area contributed by atoms with Crippen LogP contribution < -0.4 is 4.90 Å². The molecular formula is C34H34N2O4. The highest BCUT2D eigenvalue weighted by molar-refractivity contribution is 6.09. The van der Waals surface area contributed by atoms with Crippen molar-refractivity contribution in [1.29, 1.82) is 0 Å². The highest BCUT2D eigenvalue weighted by Gasteiger charge is 2.19. The summed E-state index contributed by atoms with van der Waals surface area (Å²) in [4.78, 5) is 40.8. The molecule has 5 rings (SSSR count). The summed E-state index contributed by atoms with van der Waals surface area (Å²) in [6, 6.07) is 23.8. The van der Waals surface area contributed by atoms with Gasteiger partial charge in [0.15, 0.2) is 17.3 Å². The van der Waals surface area contributed by atoms with Gasteiger partial charge in [0.05, 0.1) is 11.8 Å². The Kier molecular flexibility index (Phi) is 8.08. The Balaban J connectivity index is 1.19. The fourth-order valence-electron chi connectivity index (χ4n) is 5.32. The van der Waals surface area contributed by atoms with Crippen molar-refractivity contribution in [3.8, 4) is 0 Å². The molecule has 0 saturated carbocycles. The van der Waals surface area contributed by atoms with E-state index in [2.05, 4.69) is 4.90 Å². The second-order valence-corrected chi connectivity index (χ2v) is 10.6. The Bertz CT molecular complexity index is 1530. The molecule has 0 bridgehead atoms. The van der Waals surface area contributed by atoms with Crippen LogP contribution in [0.5, 0.6) is 0 Å². The summed E-state index contributed by atoms with van der Waals surface area (Å²) in [7, 11) is 1.85. The summed E-state index contributed by atoms with van der Waals surface area (Å²) in [5.41, 5.74) is 6.31. The predicted octanol–water partition coefficient (Wildman–Crippen LogP) is 5.38. The summed E-state index contributed by atoms with van der Waals surface area (Å²) in [6.45, 7) is 3.65. The van der Waals surface area contributed by atoms with Crippen molar-refractivity contribution in [2.45, 2.75) is 38.7 Å². The van der Waals surface area contributed by atoms with Gasteiger partial charge in [-0.25, -0.2) is 0 Å². The average Bonchev–Trinajstić information content (AvgIpc) is 3.40. The van der Waals surface area contributed by atoms with Gasteiger partial charge in [0.25, 0.3) is 0 Å². The second kappa shape index (κ2) is 11.8. The van der Waals surface area contributed by atoms with Crippen LogP contribution in [0.4, 0.5) is 5.69 Å². The van der Waals surface area contributed by atoms with E-state index < -0.39 is 0 Å². The van der Waals surface area contributed by atoms with Crippen LogP contribution >= 0.6 is 0 Å². The average molecular weight is 535 g/mol. The van der Waals surface area contributed by atoms with Gasteiger partial charge in [-0.05, 0) is 66.8 Å². The fraction of sp³-hybridized carbons (Fsp3) is 0.265. The van der Waals surface area contributed by atoms with Gasteiger partial charge in [-0.3, -0.25) is 14.4 Å². The van der Waals surface area contributed by atoms with Crippen LogP contribution in [0.3, 0.4) is 0 Å². The van der Waals surface area contributed by atoms with Crippen LogP contribution in [0, 0.1) is 6.92 Å². The minimum atomic E-state index is -0.221. The first-order valence-electron chi connectivity index (χ1n) is 13.7. The lowest BCUT2D eigenvalue weighted by Gasteiger charge is -2.32. The van der Waals surface area contributed by atoms with Crippen LogP contribution in [0.1, 0.15) is 66.3 Å². The summed E-state index contributed by atoms with van der Waals surface area (Å²) >= 11 is 0. The molecule has 40 heavy (non-hydrogen) atoms. The molecule has 0 atom stereocenters. The number of piperidine rings is 1. The van der Waals surface area contributed by atoms with Crippen molar-refractivity contribution in [2.24, 2.45) is 7.05 Å². The van der Waals surface area contributed by atoms with E-state index >= 15 is 0 Å². The summed E-state index contributed by atoms with van der Waals surface area (Å²) in [5, 5.41) is 9.78. The molecule has 2 heterocycles. The molecule has 1 aliphatic heterocycles. The number of ketones is 3. The number of nitrogens with zero attached hydrogens (tertiary/aromatic N) is 2. The minimum absolute atomic E-state index is 0.0308. The molecule has 4 aromatic rings. The number of Topliss-reactive ketones (excluding diaryl/α,β-unsaturated/α-hetero) is 2. The Morgan fingerprint density at radius 1 is 0.775 bits per heavy atom. The Hall–Kier alpha value is -4.29. The number of rotatable bonds is 9. The number of aryl methyl sites for hydroxylation is 2. The molecule has 1 fully saturated rings. The largest absolute Gasteiger partial charge is 0.393 e.